The molecule has 0 unspecified atom stereocenters. The van der Waals surface area contributed by atoms with E-state index in [0.29, 0.717) is 18.2 Å². The summed E-state index contributed by atoms with van der Waals surface area (Å²) < 4.78 is 0. The van der Waals surface area contributed by atoms with Gasteiger partial charge in [-0.2, -0.15) is 0 Å². The van der Waals surface area contributed by atoms with Crippen LogP contribution in [0.4, 0.5) is 17.3 Å². The molecule has 1 heterocycles. The molecule has 0 aliphatic heterocycles. The quantitative estimate of drug-likeness (QED) is 0.564. The van der Waals surface area contributed by atoms with E-state index in [-0.39, 0.29) is 5.69 Å². The highest BCUT2D eigenvalue weighted by atomic mass is 16.6. The molecule has 0 spiro atoms. The lowest BCUT2D eigenvalue weighted by molar-refractivity contribution is -0.384. The van der Waals surface area contributed by atoms with Crippen LogP contribution in [-0.4, -0.2) is 48.5 Å². The molecule has 0 saturated carbocycles. The van der Waals surface area contributed by atoms with Crippen LogP contribution < -0.4 is 10.6 Å². The van der Waals surface area contributed by atoms with Crippen LogP contribution in [0.1, 0.15) is 6.92 Å². The molecule has 0 atom stereocenters. The average Bonchev–Trinajstić information content (AvgIpc) is 2.37. The number of aromatic nitrogens is 1. The van der Waals surface area contributed by atoms with Crippen molar-refractivity contribution in [1.29, 1.82) is 0 Å². The van der Waals surface area contributed by atoms with Crippen molar-refractivity contribution in [1.82, 2.24) is 9.88 Å². The van der Waals surface area contributed by atoms with Gasteiger partial charge in [0.2, 0.25) is 0 Å². The lowest BCUT2D eigenvalue weighted by Crippen LogP contribution is -2.25. The summed E-state index contributed by atoms with van der Waals surface area (Å²) in [4.78, 5) is 16.7. The van der Waals surface area contributed by atoms with Crippen LogP contribution in [0.5, 0.6) is 0 Å². The Morgan fingerprint density at radius 3 is 2.67 bits per heavy atom. The Hall–Kier alpha value is -1.89. The van der Waals surface area contributed by atoms with Gasteiger partial charge in [0.25, 0.3) is 5.69 Å². The van der Waals surface area contributed by atoms with Crippen LogP contribution in [0.3, 0.4) is 0 Å². The molecule has 0 radical (unpaired) electrons. The second-order valence-electron chi connectivity index (χ2n) is 3.93. The summed E-state index contributed by atoms with van der Waals surface area (Å²) in [6.45, 7) is 4.59. The van der Waals surface area contributed by atoms with Crippen LogP contribution in [0.25, 0.3) is 0 Å². The minimum atomic E-state index is -0.425. The van der Waals surface area contributed by atoms with E-state index in [2.05, 4.69) is 27.4 Å². The topological polar surface area (TPSA) is 83.3 Å². The van der Waals surface area contributed by atoms with E-state index in [1.807, 2.05) is 7.05 Å². The van der Waals surface area contributed by atoms with Crippen LogP contribution in [0.2, 0.25) is 0 Å². The third kappa shape index (κ3) is 4.17. The number of anilines is 2. The number of likely N-dealkylation sites (N-methyl/N-ethyl adjacent to an activating group) is 1. The van der Waals surface area contributed by atoms with Gasteiger partial charge in [-0.05, 0) is 13.6 Å². The third-order valence-corrected chi connectivity index (χ3v) is 2.62. The highest BCUT2D eigenvalue weighted by molar-refractivity contribution is 5.54. The Morgan fingerprint density at radius 2 is 2.11 bits per heavy atom. The summed E-state index contributed by atoms with van der Waals surface area (Å²) >= 11 is 0. The van der Waals surface area contributed by atoms with Gasteiger partial charge < -0.3 is 15.5 Å². The van der Waals surface area contributed by atoms with Crippen molar-refractivity contribution in [3.63, 3.8) is 0 Å². The molecule has 1 aromatic rings. The average molecular weight is 253 g/mol. The lowest BCUT2D eigenvalue weighted by Gasteiger charge is -2.14. The normalized spacial score (nSPS) is 10.4. The molecule has 7 heteroatoms. The number of pyridine rings is 1. The number of nitrogens with one attached hydrogen (secondary N) is 2. The minimum Gasteiger partial charge on any atom is -0.373 e. The van der Waals surface area contributed by atoms with Crippen molar-refractivity contribution >= 4 is 17.3 Å². The molecule has 0 aromatic carbocycles. The van der Waals surface area contributed by atoms with Crippen molar-refractivity contribution in [2.45, 2.75) is 6.92 Å². The van der Waals surface area contributed by atoms with E-state index < -0.39 is 4.92 Å². The zero-order valence-corrected chi connectivity index (χ0v) is 10.9. The van der Waals surface area contributed by atoms with E-state index in [4.69, 9.17) is 0 Å². The summed E-state index contributed by atoms with van der Waals surface area (Å²) in [6, 6.07) is 2.84. The largest absolute Gasteiger partial charge is 0.373 e. The molecule has 0 bridgehead atoms. The van der Waals surface area contributed by atoms with Gasteiger partial charge in [-0.25, -0.2) is 4.98 Å². The number of nitrogens with zero attached hydrogens (tertiary/aromatic N) is 3. The van der Waals surface area contributed by atoms with Gasteiger partial charge in [-0.3, -0.25) is 10.1 Å². The fourth-order valence-electron chi connectivity index (χ4n) is 1.37. The third-order valence-electron chi connectivity index (χ3n) is 2.62. The number of nitro groups is 1. The van der Waals surface area contributed by atoms with Crippen LogP contribution in [0, 0.1) is 10.1 Å². The van der Waals surface area contributed by atoms with Crippen molar-refractivity contribution < 1.29 is 4.92 Å². The van der Waals surface area contributed by atoms with Gasteiger partial charge in [0.05, 0.1) is 17.1 Å². The highest BCUT2D eigenvalue weighted by Crippen LogP contribution is 2.19. The maximum absolute atomic E-state index is 10.8. The Labute approximate surface area is 106 Å². The fraction of sp³-hybridized carbons (Fsp3) is 0.545. The molecule has 0 amide bonds. The molecule has 0 aliphatic rings. The van der Waals surface area contributed by atoms with E-state index >= 15 is 0 Å². The molecule has 1 rings (SSSR count). The van der Waals surface area contributed by atoms with E-state index in [1.54, 1.807) is 7.05 Å². The minimum absolute atomic E-state index is 0.0284. The van der Waals surface area contributed by atoms with Crippen molar-refractivity contribution in [3.8, 4) is 0 Å². The first-order valence-electron chi connectivity index (χ1n) is 5.83. The molecule has 100 valence electrons. The number of rotatable bonds is 7. The van der Waals surface area contributed by atoms with Gasteiger partial charge >= 0.3 is 0 Å². The smallest absolute Gasteiger partial charge is 0.276 e. The molecule has 1 aromatic heterocycles. The standard InChI is InChI=1S/C11H19N5O2/c1-4-15(3)6-5-13-11-8-9(16(17)18)7-10(12-2)14-11/h7-8H,4-6H2,1-3H3,(H2,12,13,14). The number of hydrogen-bond donors (Lipinski definition) is 2. The predicted octanol–water partition coefficient (Wildman–Crippen LogP) is 1.40. The molecule has 7 nitrogen and oxygen atoms in total. The lowest BCUT2D eigenvalue weighted by atomic mass is 10.3. The predicted molar refractivity (Wildman–Crippen MR) is 72.1 cm³/mol. The van der Waals surface area contributed by atoms with E-state index in [9.17, 15) is 10.1 Å². The Bertz CT molecular complexity index is 410. The summed E-state index contributed by atoms with van der Waals surface area (Å²) in [5.74, 6) is 0.994. The zero-order valence-electron chi connectivity index (χ0n) is 10.9. The van der Waals surface area contributed by atoms with Crippen molar-refractivity contribution in [2.75, 3.05) is 44.4 Å². The maximum atomic E-state index is 10.8. The summed E-state index contributed by atoms with van der Waals surface area (Å²) in [5.41, 5.74) is 0.0284. The Balaban J connectivity index is 2.69. The van der Waals surface area contributed by atoms with Gasteiger partial charge in [-0.15, -0.1) is 0 Å². The molecular weight excluding hydrogens is 234 g/mol. The first kappa shape index (κ1) is 14.2. The second-order valence-corrected chi connectivity index (χ2v) is 3.93. The Morgan fingerprint density at radius 1 is 1.44 bits per heavy atom. The van der Waals surface area contributed by atoms with Crippen LogP contribution in [0.15, 0.2) is 12.1 Å². The van der Waals surface area contributed by atoms with Crippen molar-refractivity contribution in [3.05, 3.63) is 22.2 Å². The molecule has 2 N–H and O–H groups in total. The zero-order chi connectivity index (χ0) is 13.5. The van der Waals surface area contributed by atoms with Gasteiger partial charge in [0.15, 0.2) is 0 Å². The molecule has 0 fully saturated rings. The van der Waals surface area contributed by atoms with Crippen LogP contribution in [-0.2, 0) is 0 Å². The van der Waals surface area contributed by atoms with E-state index in [1.165, 1.54) is 12.1 Å². The summed E-state index contributed by atoms with van der Waals surface area (Å²) in [5, 5.41) is 16.7. The SMILES string of the molecule is CCN(C)CCNc1cc([N+](=O)[O-])cc(NC)n1. The van der Waals surface area contributed by atoms with Gasteiger partial charge in [0, 0.05) is 20.1 Å². The second kappa shape index (κ2) is 6.75. The molecular formula is C11H19N5O2. The molecule has 0 aliphatic carbocycles. The summed E-state index contributed by atoms with van der Waals surface area (Å²) in [7, 11) is 3.70. The fourth-order valence-corrected chi connectivity index (χ4v) is 1.37. The van der Waals surface area contributed by atoms with Gasteiger partial charge in [0.1, 0.15) is 11.6 Å². The van der Waals surface area contributed by atoms with Crippen LogP contribution >= 0.6 is 0 Å². The molecule has 18 heavy (non-hydrogen) atoms. The monoisotopic (exact) mass is 253 g/mol. The highest BCUT2D eigenvalue weighted by Gasteiger charge is 2.10. The van der Waals surface area contributed by atoms with Crippen molar-refractivity contribution in [2.24, 2.45) is 0 Å². The van der Waals surface area contributed by atoms with Gasteiger partial charge in [-0.1, -0.05) is 6.92 Å². The summed E-state index contributed by atoms with van der Waals surface area (Å²) in [6.07, 6.45) is 0. The Kier molecular flexibility index (Phi) is 5.31. The molecule has 0 saturated heterocycles. The first-order chi connectivity index (χ1) is 8.56. The number of hydrogen-bond acceptors (Lipinski definition) is 6. The first-order valence-corrected chi connectivity index (χ1v) is 5.83. The maximum Gasteiger partial charge on any atom is 0.276 e. The van der Waals surface area contributed by atoms with E-state index in [0.717, 1.165) is 13.1 Å².